The largest absolute Gasteiger partial charge is 0.493 e. The van der Waals surface area contributed by atoms with Gasteiger partial charge in [0.05, 0.1) is 12.7 Å². The van der Waals surface area contributed by atoms with Crippen LogP contribution < -0.4 is 19.9 Å². The fourth-order valence-electron chi connectivity index (χ4n) is 2.71. The fraction of sp³-hybridized carbons (Fsp3) is 0.350. The Balaban J connectivity index is 1.98. The second-order valence-corrected chi connectivity index (χ2v) is 6.51. The van der Waals surface area contributed by atoms with Crippen LogP contribution in [0.15, 0.2) is 36.4 Å². The minimum atomic E-state index is 0.273. The van der Waals surface area contributed by atoms with Crippen molar-refractivity contribution in [1.29, 1.82) is 0 Å². The lowest BCUT2D eigenvalue weighted by Gasteiger charge is -2.15. The second kappa shape index (κ2) is 8.72. The van der Waals surface area contributed by atoms with Crippen molar-refractivity contribution < 1.29 is 14.2 Å². The Morgan fingerprint density at radius 2 is 1.84 bits per heavy atom. The Morgan fingerprint density at radius 1 is 1.12 bits per heavy atom. The van der Waals surface area contributed by atoms with Gasteiger partial charge in [0.15, 0.2) is 11.5 Å². The first kappa shape index (κ1) is 19.1. The zero-order chi connectivity index (χ0) is 18.4. The molecule has 0 saturated heterocycles. The number of rotatable bonds is 8. The molecule has 0 unspecified atom stereocenters. The van der Waals surface area contributed by atoms with Gasteiger partial charge in [0.1, 0.15) is 24.0 Å². The van der Waals surface area contributed by atoms with Crippen LogP contribution in [-0.4, -0.2) is 25.3 Å². The summed E-state index contributed by atoms with van der Waals surface area (Å²) in [7, 11) is 1.58. The number of methoxy groups -OCH3 is 1. The van der Waals surface area contributed by atoms with Crippen LogP contribution >= 0.6 is 12.2 Å². The number of aryl methyl sites for hydroxylation is 1. The molecule has 0 aromatic heterocycles. The molecular weight excluding hydrogens is 334 g/mol. The van der Waals surface area contributed by atoms with E-state index in [1.54, 1.807) is 7.11 Å². The molecule has 0 heterocycles. The second-order valence-electron chi connectivity index (χ2n) is 6.07. The molecule has 2 aromatic rings. The van der Waals surface area contributed by atoms with E-state index in [9.17, 15) is 0 Å². The first-order valence-electron chi connectivity index (χ1n) is 8.27. The highest BCUT2D eigenvalue weighted by Gasteiger charge is 2.12. The standard InChI is InChI=1S/C20H25NO3S/c1-13(2)16-9-8-15(12-14(16)3)23-10-11-24-19-17(20(21)25)6-5-7-18(19)22-4/h5-9,12-13H,10-11H2,1-4H3,(H2,21,25). The van der Waals surface area contributed by atoms with Gasteiger partial charge in [0.25, 0.3) is 0 Å². The Labute approximate surface area is 154 Å². The van der Waals surface area contributed by atoms with Gasteiger partial charge >= 0.3 is 0 Å². The molecule has 0 atom stereocenters. The summed E-state index contributed by atoms with van der Waals surface area (Å²) in [6.07, 6.45) is 0. The summed E-state index contributed by atoms with van der Waals surface area (Å²) in [4.78, 5) is 0.273. The third-order valence-electron chi connectivity index (χ3n) is 3.93. The molecule has 0 bridgehead atoms. The molecule has 0 fully saturated rings. The zero-order valence-electron chi connectivity index (χ0n) is 15.2. The molecule has 134 valence electrons. The smallest absolute Gasteiger partial charge is 0.171 e. The number of nitrogens with two attached hydrogens (primary N) is 1. The molecule has 0 aliphatic rings. The van der Waals surface area contributed by atoms with Crippen molar-refractivity contribution in [3.05, 3.63) is 53.1 Å². The summed E-state index contributed by atoms with van der Waals surface area (Å²) in [5, 5.41) is 0. The van der Waals surface area contributed by atoms with Crippen molar-refractivity contribution in [3.8, 4) is 17.2 Å². The van der Waals surface area contributed by atoms with Crippen molar-refractivity contribution in [2.24, 2.45) is 5.73 Å². The predicted octanol–water partition coefficient (Wildman–Crippen LogP) is 4.22. The van der Waals surface area contributed by atoms with Gasteiger partial charge in [-0.15, -0.1) is 0 Å². The third-order valence-corrected chi connectivity index (χ3v) is 4.15. The van der Waals surface area contributed by atoms with Crippen LogP contribution in [0, 0.1) is 6.92 Å². The molecule has 0 aliphatic heterocycles. The summed E-state index contributed by atoms with van der Waals surface area (Å²) < 4.78 is 16.9. The van der Waals surface area contributed by atoms with Crippen molar-refractivity contribution in [1.82, 2.24) is 0 Å². The predicted molar refractivity (Wildman–Crippen MR) is 105 cm³/mol. The lowest BCUT2D eigenvalue weighted by Crippen LogP contribution is -2.15. The van der Waals surface area contributed by atoms with Crippen LogP contribution in [0.25, 0.3) is 0 Å². The molecule has 0 amide bonds. The SMILES string of the molecule is COc1cccc(C(N)=S)c1OCCOc1ccc(C(C)C)c(C)c1. The molecule has 0 radical (unpaired) electrons. The third kappa shape index (κ3) is 4.86. The lowest BCUT2D eigenvalue weighted by atomic mass is 9.98. The summed E-state index contributed by atoms with van der Waals surface area (Å²) in [6.45, 7) is 7.24. The highest BCUT2D eigenvalue weighted by Crippen LogP contribution is 2.31. The molecule has 2 N–H and O–H groups in total. The van der Waals surface area contributed by atoms with Crippen LogP contribution in [0.2, 0.25) is 0 Å². The maximum atomic E-state index is 5.82. The van der Waals surface area contributed by atoms with E-state index in [0.29, 0.717) is 36.2 Å². The first-order valence-corrected chi connectivity index (χ1v) is 8.67. The Bertz CT molecular complexity index is 744. The minimum absolute atomic E-state index is 0.273. The van der Waals surface area contributed by atoms with Gasteiger partial charge in [-0.2, -0.15) is 0 Å². The highest BCUT2D eigenvalue weighted by atomic mass is 32.1. The molecule has 0 spiro atoms. The van der Waals surface area contributed by atoms with E-state index in [-0.39, 0.29) is 4.99 Å². The normalized spacial score (nSPS) is 10.6. The van der Waals surface area contributed by atoms with Crippen LogP contribution in [0.4, 0.5) is 0 Å². The molecule has 0 aliphatic carbocycles. The number of benzene rings is 2. The summed E-state index contributed by atoms with van der Waals surface area (Å²) in [6, 6.07) is 11.6. The van der Waals surface area contributed by atoms with Crippen LogP contribution in [-0.2, 0) is 0 Å². The van der Waals surface area contributed by atoms with Crippen LogP contribution in [0.5, 0.6) is 17.2 Å². The monoisotopic (exact) mass is 359 g/mol. The van der Waals surface area contributed by atoms with E-state index in [2.05, 4.69) is 32.9 Å². The Kier molecular flexibility index (Phi) is 6.65. The van der Waals surface area contributed by atoms with E-state index in [0.717, 1.165) is 5.75 Å². The Morgan fingerprint density at radius 3 is 2.44 bits per heavy atom. The Hall–Kier alpha value is -2.27. The van der Waals surface area contributed by atoms with Gasteiger partial charge in [-0.05, 0) is 48.2 Å². The van der Waals surface area contributed by atoms with E-state index in [1.807, 2.05) is 24.3 Å². The number of thiocarbonyl (C=S) groups is 1. The summed E-state index contributed by atoms with van der Waals surface area (Å²) >= 11 is 5.07. The van der Waals surface area contributed by atoms with Gasteiger partial charge in [0, 0.05) is 0 Å². The average Bonchev–Trinajstić information content (AvgIpc) is 2.58. The highest BCUT2D eigenvalue weighted by molar-refractivity contribution is 7.80. The molecule has 0 saturated carbocycles. The average molecular weight is 359 g/mol. The van der Waals surface area contributed by atoms with Gasteiger partial charge in [-0.25, -0.2) is 0 Å². The van der Waals surface area contributed by atoms with Crippen molar-refractivity contribution in [2.75, 3.05) is 20.3 Å². The van der Waals surface area contributed by atoms with Crippen molar-refractivity contribution in [2.45, 2.75) is 26.7 Å². The van der Waals surface area contributed by atoms with E-state index < -0.39 is 0 Å². The van der Waals surface area contributed by atoms with Gasteiger partial charge < -0.3 is 19.9 Å². The van der Waals surface area contributed by atoms with E-state index >= 15 is 0 Å². The number of ether oxygens (including phenoxy) is 3. The van der Waals surface area contributed by atoms with E-state index in [1.165, 1.54) is 11.1 Å². The first-order chi connectivity index (χ1) is 11.9. The minimum Gasteiger partial charge on any atom is -0.493 e. The zero-order valence-corrected chi connectivity index (χ0v) is 16.0. The van der Waals surface area contributed by atoms with Gasteiger partial charge in [-0.1, -0.05) is 38.2 Å². The number of para-hydroxylation sites is 1. The quantitative estimate of drug-likeness (QED) is 0.565. The van der Waals surface area contributed by atoms with Crippen LogP contribution in [0.3, 0.4) is 0 Å². The molecule has 2 aromatic carbocycles. The van der Waals surface area contributed by atoms with Crippen molar-refractivity contribution >= 4 is 17.2 Å². The maximum absolute atomic E-state index is 5.82. The van der Waals surface area contributed by atoms with Crippen LogP contribution in [0.1, 0.15) is 36.5 Å². The number of hydrogen-bond donors (Lipinski definition) is 1. The maximum Gasteiger partial charge on any atom is 0.171 e. The molecule has 4 nitrogen and oxygen atoms in total. The molecular formula is C20H25NO3S. The van der Waals surface area contributed by atoms with Crippen molar-refractivity contribution in [3.63, 3.8) is 0 Å². The van der Waals surface area contributed by atoms with Gasteiger partial charge in [0.2, 0.25) is 0 Å². The summed E-state index contributed by atoms with van der Waals surface area (Å²) in [5.74, 6) is 2.48. The number of hydrogen-bond acceptors (Lipinski definition) is 4. The van der Waals surface area contributed by atoms with Gasteiger partial charge in [-0.3, -0.25) is 0 Å². The van der Waals surface area contributed by atoms with E-state index in [4.69, 9.17) is 32.2 Å². The topological polar surface area (TPSA) is 53.7 Å². The fourth-order valence-corrected chi connectivity index (χ4v) is 2.87. The summed E-state index contributed by atoms with van der Waals surface area (Å²) in [5.41, 5.74) is 8.97. The molecule has 25 heavy (non-hydrogen) atoms. The molecule has 5 heteroatoms. The molecule has 2 rings (SSSR count). The lowest BCUT2D eigenvalue weighted by molar-refractivity contribution is 0.211.